The van der Waals surface area contributed by atoms with Crippen LogP contribution in [0, 0.1) is 0 Å². The van der Waals surface area contributed by atoms with Gasteiger partial charge in [0.2, 0.25) is 11.8 Å². The van der Waals surface area contributed by atoms with Gasteiger partial charge >= 0.3 is 0 Å². The molecule has 1 aromatic rings. The number of hydrogen-bond donors (Lipinski definition) is 0. The topological polar surface area (TPSA) is 62.7 Å². The smallest absolute Gasteiger partial charge is 0.228 e. The van der Waals surface area contributed by atoms with Crippen LogP contribution in [0.3, 0.4) is 0 Å². The molecular weight excluding hydrogens is 294 g/mol. The molecule has 0 N–H and O–H groups in total. The van der Waals surface area contributed by atoms with Gasteiger partial charge in [0.1, 0.15) is 0 Å². The number of amides is 2. The standard InChI is InChI=1S/C17H23N3O3/c21-16(12-14-4-1-2-6-18-14)19-7-9-20(10-8-19)17(22)13-15-5-3-11-23-15/h1-2,4,6,15H,3,5,7-13H2. The molecule has 0 aliphatic carbocycles. The first-order chi connectivity index (χ1) is 11.2. The normalized spacial score (nSPS) is 21.5. The highest BCUT2D eigenvalue weighted by Gasteiger charge is 2.27. The number of hydrogen-bond acceptors (Lipinski definition) is 4. The first kappa shape index (κ1) is 15.9. The Morgan fingerprint density at radius 3 is 2.48 bits per heavy atom. The molecule has 2 fully saturated rings. The average molecular weight is 317 g/mol. The highest BCUT2D eigenvalue weighted by Crippen LogP contribution is 2.17. The first-order valence-corrected chi connectivity index (χ1v) is 8.29. The van der Waals surface area contributed by atoms with Crippen LogP contribution in [0.4, 0.5) is 0 Å². The molecule has 0 aromatic carbocycles. The predicted molar refractivity (Wildman–Crippen MR) is 84.7 cm³/mol. The third-order valence-corrected chi connectivity index (χ3v) is 4.47. The minimum absolute atomic E-state index is 0.0786. The van der Waals surface area contributed by atoms with Crippen LogP contribution in [-0.4, -0.2) is 65.5 Å². The summed E-state index contributed by atoms with van der Waals surface area (Å²) in [6.07, 6.45) is 4.62. The van der Waals surface area contributed by atoms with Gasteiger partial charge in [-0.25, -0.2) is 0 Å². The van der Waals surface area contributed by atoms with Crippen LogP contribution < -0.4 is 0 Å². The van der Waals surface area contributed by atoms with Gasteiger partial charge in [0.25, 0.3) is 0 Å². The van der Waals surface area contributed by atoms with Crippen molar-refractivity contribution in [3.8, 4) is 0 Å². The Balaban J connectivity index is 1.44. The number of aromatic nitrogens is 1. The highest BCUT2D eigenvalue weighted by molar-refractivity contribution is 5.80. The summed E-state index contributed by atoms with van der Waals surface area (Å²) in [4.78, 5) is 32.4. The molecule has 0 bridgehead atoms. The lowest BCUT2D eigenvalue weighted by Crippen LogP contribution is -2.51. The molecule has 2 amide bonds. The van der Waals surface area contributed by atoms with E-state index >= 15 is 0 Å². The Hall–Kier alpha value is -1.95. The summed E-state index contributed by atoms with van der Waals surface area (Å²) >= 11 is 0. The molecule has 6 nitrogen and oxygen atoms in total. The molecule has 1 aromatic heterocycles. The maximum Gasteiger partial charge on any atom is 0.228 e. The van der Waals surface area contributed by atoms with Crippen molar-refractivity contribution in [2.75, 3.05) is 32.8 Å². The third-order valence-electron chi connectivity index (χ3n) is 4.47. The van der Waals surface area contributed by atoms with Crippen molar-refractivity contribution in [3.05, 3.63) is 30.1 Å². The number of nitrogens with zero attached hydrogens (tertiary/aromatic N) is 3. The quantitative estimate of drug-likeness (QED) is 0.826. The molecule has 0 saturated carbocycles. The van der Waals surface area contributed by atoms with Gasteiger partial charge in [-0.3, -0.25) is 14.6 Å². The molecule has 124 valence electrons. The zero-order valence-corrected chi connectivity index (χ0v) is 13.3. The SMILES string of the molecule is O=C(Cc1ccccn1)N1CCN(C(=O)CC2CCCO2)CC1. The summed E-state index contributed by atoms with van der Waals surface area (Å²) in [5.41, 5.74) is 0.786. The molecule has 0 spiro atoms. The van der Waals surface area contributed by atoms with E-state index in [9.17, 15) is 9.59 Å². The van der Waals surface area contributed by atoms with Gasteiger partial charge in [0.05, 0.1) is 18.9 Å². The van der Waals surface area contributed by atoms with Crippen LogP contribution in [0.25, 0.3) is 0 Å². The summed E-state index contributed by atoms with van der Waals surface area (Å²) in [6.45, 7) is 3.19. The lowest BCUT2D eigenvalue weighted by molar-refractivity contribution is -0.140. The van der Waals surface area contributed by atoms with Crippen molar-refractivity contribution >= 4 is 11.8 Å². The van der Waals surface area contributed by atoms with E-state index in [-0.39, 0.29) is 17.9 Å². The number of ether oxygens (including phenoxy) is 1. The fourth-order valence-electron chi connectivity index (χ4n) is 3.10. The minimum Gasteiger partial charge on any atom is -0.378 e. The molecule has 3 heterocycles. The van der Waals surface area contributed by atoms with Crippen LogP contribution in [0.15, 0.2) is 24.4 Å². The second-order valence-corrected chi connectivity index (χ2v) is 6.10. The summed E-state index contributed by atoms with van der Waals surface area (Å²) < 4.78 is 5.52. The van der Waals surface area contributed by atoms with E-state index in [0.717, 1.165) is 25.1 Å². The van der Waals surface area contributed by atoms with E-state index in [1.54, 1.807) is 6.20 Å². The number of carbonyl (C=O) groups excluding carboxylic acids is 2. The number of piperazine rings is 1. The monoisotopic (exact) mass is 317 g/mol. The first-order valence-electron chi connectivity index (χ1n) is 8.29. The number of pyridine rings is 1. The van der Waals surface area contributed by atoms with Crippen LogP contribution in [0.5, 0.6) is 0 Å². The molecular formula is C17H23N3O3. The second-order valence-electron chi connectivity index (χ2n) is 6.10. The zero-order chi connectivity index (χ0) is 16.1. The Kier molecular flexibility index (Phi) is 5.23. The molecule has 1 unspecified atom stereocenters. The molecule has 1 atom stereocenters. The van der Waals surface area contributed by atoms with Crippen LogP contribution >= 0.6 is 0 Å². The van der Waals surface area contributed by atoms with Gasteiger partial charge in [-0.15, -0.1) is 0 Å². The minimum atomic E-state index is 0.0786. The van der Waals surface area contributed by atoms with E-state index in [1.807, 2.05) is 28.0 Å². The third kappa shape index (κ3) is 4.28. The summed E-state index contributed by atoms with van der Waals surface area (Å²) in [6, 6.07) is 5.59. The molecule has 6 heteroatoms. The maximum absolute atomic E-state index is 12.3. The van der Waals surface area contributed by atoms with E-state index in [1.165, 1.54) is 0 Å². The van der Waals surface area contributed by atoms with Gasteiger partial charge in [0.15, 0.2) is 0 Å². The van der Waals surface area contributed by atoms with E-state index < -0.39 is 0 Å². The van der Waals surface area contributed by atoms with E-state index in [2.05, 4.69) is 4.98 Å². The van der Waals surface area contributed by atoms with Crippen molar-refractivity contribution in [2.45, 2.75) is 31.8 Å². The summed E-state index contributed by atoms with van der Waals surface area (Å²) in [5, 5.41) is 0. The van der Waals surface area contributed by atoms with Gasteiger partial charge < -0.3 is 14.5 Å². The highest BCUT2D eigenvalue weighted by atomic mass is 16.5. The van der Waals surface area contributed by atoms with Crippen LogP contribution in [0.2, 0.25) is 0 Å². The fourth-order valence-corrected chi connectivity index (χ4v) is 3.10. The van der Waals surface area contributed by atoms with Crippen molar-refractivity contribution in [1.82, 2.24) is 14.8 Å². The molecule has 2 saturated heterocycles. The van der Waals surface area contributed by atoms with Crippen molar-refractivity contribution in [3.63, 3.8) is 0 Å². The Morgan fingerprint density at radius 1 is 1.13 bits per heavy atom. The van der Waals surface area contributed by atoms with E-state index in [4.69, 9.17) is 4.74 Å². The second kappa shape index (κ2) is 7.55. The Morgan fingerprint density at radius 2 is 1.87 bits per heavy atom. The van der Waals surface area contributed by atoms with Gasteiger partial charge in [0, 0.05) is 44.7 Å². The molecule has 3 rings (SSSR count). The molecule has 2 aliphatic heterocycles. The molecule has 2 aliphatic rings. The zero-order valence-electron chi connectivity index (χ0n) is 13.3. The fraction of sp³-hybridized carbons (Fsp3) is 0.588. The lowest BCUT2D eigenvalue weighted by atomic mass is 10.1. The van der Waals surface area contributed by atoms with Crippen molar-refractivity contribution in [2.24, 2.45) is 0 Å². The number of carbonyl (C=O) groups is 2. The van der Waals surface area contributed by atoms with Gasteiger partial charge in [-0.2, -0.15) is 0 Å². The summed E-state index contributed by atoms with van der Waals surface area (Å²) in [7, 11) is 0. The number of rotatable bonds is 4. The largest absolute Gasteiger partial charge is 0.378 e. The lowest BCUT2D eigenvalue weighted by Gasteiger charge is -2.35. The van der Waals surface area contributed by atoms with Crippen molar-refractivity contribution < 1.29 is 14.3 Å². The Labute approximate surface area is 136 Å². The van der Waals surface area contributed by atoms with Crippen LogP contribution in [-0.2, 0) is 20.7 Å². The maximum atomic E-state index is 12.3. The van der Waals surface area contributed by atoms with Gasteiger partial charge in [-0.1, -0.05) is 6.07 Å². The summed E-state index contributed by atoms with van der Waals surface area (Å²) in [5.74, 6) is 0.226. The van der Waals surface area contributed by atoms with Crippen molar-refractivity contribution in [1.29, 1.82) is 0 Å². The molecule has 23 heavy (non-hydrogen) atoms. The van der Waals surface area contributed by atoms with Crippen LogP contribution in [0.1, 0.15) is 25.0 Å². The Bertz CT molecular complexity index is 535. The van der Waals surface area contributed by atoms with Gasteiger partial charge in [-0.05, 0) is 25.0 Å². The predicted octanol–water partition coefficient (Wildman–Crippen LogP) is 0.864. The molecule has 0 radical (unpaired) electrons. The van der Waals surface area contributed by atoms with E-state index in [0.29, 0.717) is 39.0 Å². The average Bonchev–Trinajstić information content (AvgIpc) is 3.09.